The molecule has 0 bridgehead atoms. The number of carbonyl (C=O) groups is 3. The van der Waals surface area contributed by atoms with E-state index in [0.29, 0.717) is 12.5 Å². The highest BCUT2D eigenvalue weighted by Crippen LogP contribution is 2.49. The van der Waals surface area contributed by atoms with Crippen molar-refractivity contribution in [3.8, 4) is 0 Å². The lowest BCUT2D eigenvalue weighted by atomic mass is 9.68. The van der Waals surface area contributed by atoms with E-state index in [1.165, 1.54) is 29.7 Å². The molecule has 0 aromatic heterocycles. The van der Waals surface area contributed by atoms with Gasteiger partial charge in [0.25, 0.3) is 0 Å². The van der Waals surface area contributed by atoms with Crippen LogP contribution in [0.25, 0.3) is 0 Å². The lowest BCUT2D eigenvalue weighted by molar-refractivity contribution is -0.134. The Morgan fingerprint density at radius 3 is 2.24 bits per heavy atom. The summed E-state index contributed by atoms with van der Waals surface area (Å²) < 4.78 is 0. The number of hydrogen-bond acceptors (Lipinski definition) is 4. The van der Waals surface area contributed by atoms with E-state index in [1.54, 1.807) is 11.9 Å². The third-order valence-electron chi connectivity index (χ3n) is 8.54. The van der Waals surface area contributed by atoms with E-state index in [2.05, 4.69) is 54.2 Å². The summed E-state index contributed by atoms with van der Waals surface area (Å²) in [6, 6.07) is 10.6. The number of benzene rings is 1. The summed E-state index contributed by atoms with van der Waals surface area (Å²) in [5.74, 6) is -0.251. The molecule has 3 aliphatic rings. The van der Waals surface area contributed by atoms with Crippen LogP contribution >= 0.6 is 0 Å². The predicted octanol–water partition coefficient (Wildman–Crippen LogP) is 2.24. The molecule has 0 unspecified atom stereocenters. The highest BCUT2D eigenvalue weighted by atomic mass is 16.2. The molecule has 4 rings (SSSR count). The molecule has 8 heteroatoms. The van der Waals surface area contributed by atoms with E-state index in [1.807, 2.05) is 0 Å². The zero-order valence-electron chi connectivity index (χ0n) is 20.8. The van der Waals surface area contributed by atoms with Gasteiger partial charge in [0.15, 0.2) is 0 Å². The van der Waals surface area contributed by atoms with Crippen molar-refractivity contribution in [2.45, 2.75) is 56.0 Å². The molecular weight excluding hydrogens is 430 g/mol. The molecule has 186 valence electrons. The van der Waals surface area contributed by atoms with Crippen LogP contribution in [0.2, 0.25) is 0 Å². The van der Waals surface area contributed by atoms with Crippen molar-refractivity contribution in [1.82, 2.24) is 19.6 Å². The van der Waals surface area contributed by atoms with Gasteiger partial charge in [-0.05, 0) is 64.1 Å². The summed E-state index contributed by atoms with van der Waals surface area (Å²) in [4.78, 5) is 45.0. The first-order chi connectivity index (χ1) is 16.2. The second-order valence-corrected chi connectivity index (χ2v) is 10.8. The Balaban J connectivity index is 1.54. The van der Waals surface area contributed by atoms with Gasteiger partial charge in [-0.2, -0.15) is 0 Å². The molecule has 8 nitrogen and oxygen atoms in total. The molecule has 0 radical (unpaired) electrons. The predicted molar refractivity (Wildman–Crippen MR) is 131 cm³/mol. The number of carbonyl (C=O) groups excluding carboxylic acids is 3. The highest BCUT2D eigenvalue weighted by Gasteiger charge is 2.55. The minimum atomic E-state index is -0.556. The monoisotopic (exact) mass is 469 g/mol. The number of rotatable bonds is 8. The van der Waals surface area contributed by atoms with E-state index in [0.717, 1.165) is 32.2 Å². The fourth-order valence-electron chi connectivity index (χ4n) is 6.12. The van der Waals surface area contributed by atoms with E-state index in [-0.39, 0.29) is 36.1 Å². The van der Waals surface area contributed by atoms with Gasteiger partial charge >= 0.3 is 6.03 Å². The molecule has 2 saturated carbocycles. The van der Waals surface area contributed by atoms with Crippen LogP contribution in [0.4, 0.5) is 4.79 Å². The maximum Gasteiger partial charge on any atom is 0.321 e. The Morgan fingerprint density at radius 1 is 1.06 bits per heavy atom. The Bertz CT molecular complexity index is 906. The Kier molecular flexibility index (Phi) is 6.90. The molecule has 4 amide bonds. The van der Waals surface area contributed by atoms with Crippen LogP contribution in [0.15, 0.2) is 30.3 Å². The number of nitrogens with zero attached hydrogens (tertiary/aromatic N) is 4. The summed E-state index contributed by atoms with van der Waals surface area (Å²) in [7, 11) is 5.86. The molecular formula is C26H39N5O3. The van der Waals surface area contributed by atoms with Crippen LogP contribution in [0.5, 0.6) is 0 Å². The number of hydrogen-bond donors (Lipinski definition) is 1. The van der Waals surface area contributed by atoms with Gasteiger partial charge in [-0.3, -0.25) is 14.5 Å². The van der Waals surface area contributed by atoms with Crippen LogP contribution in [-0.4, -0.2) is 90.3 Å². The van der Waals surface area contributed by atoms with Crippen molar-refractivity contribution in [1.29, 1.82) is 0 Å². The van der Waals surface area contributed by atoms with Gasteiger partial charge in [0.05, 0.1) is 12.1 Å². The molecule has 1 aromatic carbocycles. The van der Waals surface area contributed by atoms with Crippen LogP contribution in [0.3, 0.4) is 0 Å². The van der Waals surface area contributed by atoms with Crippen LogP contribution < -0.4 is 5.73 Å². The van der Waals surface area contributed by atoms with Crippen molar-refractivity contribution >= 4 is 17.8 Å². The second-order valence-electron chi connectivity index (χ2n) is 10.8. The minimum absolute atomic E-state index is 0.0109. The molecule has 1 heterocycles. The maximum absolute atomic E-state index is 13.6. The fourth-order valence-corrected chi connectivity index (χ4v) is 6.12. The number of primary amides is 1. The largest absolute Gasteiger partial charge is 0.368 e. The zero-order valence-corrected chi connectivity index (χ0v) is 20.8. The van der Waals surface area contributed by atoms with Gasteiger partial charge in [0, 0.05) is 25.7 Å². The maximum atomic E-state index is 13.6. The van der Waals surface area contributed by atoms with Gasteiger partial charge < -0.3 is 20.4 Å². The second kappa shape index (κ2) is 9.56. The Morgan fingerprint density at radius 2 is 1.71 bits per heavy atom. The average molecular weight is 470 g/mol. The Hall–Kier alpha value is -2.61. The van der Waals surface area contributed by atoms with Crippen molar-refractivity contribution < 1.29 is 14.4 Å². The topological polar surface area (TPSA) is 90.2 Å². The summed E-state index contributed by atoms with van der Waals surface area (Å²) in [6.07, 6.45) is 7.31. The van der Waals surface area contributed by atoms with E-state index >= 15 is 0 Å². The standard InChI is InChI=1S/C26H39N5O3/c1-28(2)26(21-10-5-4-6-11-21)14-12-25(13-15-26)19-30(18-23(33)29(3)17-22(27)32)24(34)31(25)16-20-8-7-9-20/h4-6,10-11,20H,7-9,12-19H2,1-3H3,(H2,27,32). The molecule has 3 fully saturated rings. The molecule has 1 saturated heterocycles. The average Bonchev–Trinajstić information content (AvgIpc) is 3.01. The number of likely N-dealkylation sites (N-methyl/N-ethyl adjacent to an activating group) is 1. The van der Waals surface area contributed by atoms with Gasteiger partial charge in [-0.15, -0.1) is 0 Å². The molecule has 2 aliphatic carbocycles. The first kappa shape index (κ1) is 24.5. The number of amides is 4. The Labute approximate surface area is 203 Å². The highest BCUT2D eigenvalue weighted by molar-refractivity contribution is 5.88. The normalized spacial score (nSPS) is 27.4. The molecule has 1 aliphatic heterocycles. The van der Waals surface area contributed by atoms with E-state index in [9.17, 15) is 14.4 Å². The summed E-state index contributed by atoms with van der Waals surface area (Å²) in [6.45, 7) is 1.19. The van der Waals surface area contributed by atoms with Crippen molar-refractivity contribution in [2.24, 2.45) is 11.7 Å². The zero-order chi connectivity index (χ0) is 24.5. The number of nitrogens with two attached hydrogens (primary N) is 1. The van der Waals surface area contributed by atoms with Crippen LogP contribution in [0.1, 0.15) is 50.5 Å². The smallest absolute Gasteiger partial charge is 0.321 e. The first-order valence-electron chi connectivity index (χ1n) is 12.5. The summed E-state index contributed by atoms with van der Waals surface area (Å²) >= 11 is 0. The lowest BCUT2D eigenvalue weighted by Gasteiger charge is -2.51. The summed E-state index contributed by atoms with van der Waals surface area (Å²) in [5, 5.41) is 0. The van der Waals surface area contributed by atoms with E-state index in [4.69, 9.17) is 5.73 Å². The van der Waals surface area contributed by atoms with Gasteiger partial charge in [0.1, 0.15) is 6.54 Å². The SMILES string of the molecule is CN(CC(N)=O)C(=O)CN1CC2(CCC(c3ccccc3)(N(C)C)CC2)N(CC2CCC2)C1=O. The van der Waals surface area contributed by atoms with Gasteiger partial charge in [-0.25, -0.2) is 4.79 Å². The number of urea groups is 1. The molecule has 1 spiro atoms. The fraction of sp³-hybridized carbons (Fsp3) is 0.654. The van der Waals surface area contributed by atoms with Crippen LogP contribution in [0, 0.1) is 5.92 Å². The molecule has 1 aromatic rings. The first-order valence-corrected chi connectivity index (χ1v) is 12.5. The third kappa shape index (κ3) is 4.52. The van der Waals surface area contributed by atoms with Gasteiger partial charge in [0.2, 0.25) is 11.8 Å². The lowest BCUT2D eigenvalue weighted by Crippen LogP contribution is -2.56. The molecule has 2 N–H and O–H groups in total. The van der Waals surface area contributed by atoms with Crippen molar-refractivity contribution in [3.05, 3.63) is 35.9 Å². The quantitative estimate of drug-likeness (QED) is 0.632. The van der Waals surface area contributed by atoms with E-state index < -0.39 is 5.91 Å². The van der Waals surface area contributed by atoms with Crippen LogP contribution in [-0.2, 0) is 15.1 Å². The molecule has 0 atom stereocenters. The van der Waals surface area contributed by atoms with Crippen molar-refractivity contribution in [3.63, 3.8) is 0 Å². The summed E-state index contributed by atoms with van der Waals surface area (Å²) in [5.41, 5.74) is 6.27. The molecule has 34 heavy (non-hydrogen) atoms. The third-order valence-corrected chi connectivity index (χ3v) is 8.54. The van der Waals surface area contributed by atoms with Crippen molar-refractivity contribution in [2.75, 3.05) is 47.3 Å². The minimum Gasteiger partial charge on any atom is -0.368 e. The van der Waals surface area contributed by atoms with Gasteiger partial charge in [-0.1, -0.05) is 36.8 Å².